The maximum atomic E-state index is 12.2. The first-order chi connectivity index (χ1) is 12.6. The number of carbonyl (C=O) groups is 1. The normalized spacial score (nSPS) is 11.3. The van der Waals surface area contributed by atoms with Crippen LogP contribution in [0.1, 0.15) is 43.5 Å². The summed E-state index contributed by atoms with van der Waals surface area (Å²) in [6, 6.07) is 15.0. The molecule has 0 aromatic heterocycles. The van der Waals surface area contributed by atoms with Crippen LogP contribution < -0.4 is 14.8 Å². The van der Waals surface area contributed by atoms with Crippen LogP contribution in [0, 0.1) is 11.3 Å². The van der Waals surface area contributed by atoms with Crippen LogP contribution in [0.2, 0.25) is 0 Å². The molecule has 0 aliphatic carbocycles. The third-order valence-corrected chi connectivity index (χ3v) is 4.00. The molecule has 0 radical (unpaired) electrons. The zero-order valence-corrected chi connectivity index (χ0v) is 15.4. The largest absolute Gasteiger partial charge is 0.490 e. The number of benzene rings is 2. The van der Waals surface area contributed by atoms with E-state index in [4.69, 9.17) is 14.7 Å². The average molecular weight is 352 g/mol. The van der Waals surface area contributed by atoms with Crippen LogP contribution in [-0.2, 0) is 11.2 Å². The lowest BCUT2D eigenvalue weighted by Crippen LogP contribution is -2.31. The second kappa shape index (κ2) is 9.47. The van der Waals surface area contributed by atoms with Crippen molar-refractivity contribution in [3.63, 3.8) is 0 Å². The average Bonchev–Trinajstić information content (AvgIpc) is 2.67. The van der Waals surface area contributed by atoms with Crippen molar-refractivity contribution in [2.75, 3.05) is 13.2 Å². The lowest BCUT2D eigenvalue weighted by molar-refractivity contribution is -0.123. The summed E-state index contributed by atoms with van der Waals surface area (Å²) < 4.78 is 11.1. The van der Waals surface area contributed by atoms with Gasteiger partial charge in [-0.3, -0.25) is 4.79 Å². The van der Waals surface area contributed by atoms with Crippen molar-refractivity contribution in [3.05, 3.63) is 59.2 Å². The predicted molar refractivity (Wildman–Crippen MR) is 100 cm³/mol. The fourth-order valence-electron chi connectivity index (χ4n) is 2.52. The Hall–Kier alpha value is -3.00. The molecule has 5 heteroatoms. The molecular formula is C21H24N2O3. The van der Waals surface area contributed by atoms with Crippen LogP contribution in [0.25, 0.3) is 0 Å². The minimum Gasteiger partial charge on any atom is -0.490 e. The number of nitriles is 1. The Bertz CT molecular complexity index is 779. The highest BCUT2D eigenvalue weighted by Crippen LogP contribution is 2.28. The highest BCUT2D eigenvalue weighted by Gasteiger charge is 2.12. The minimum absolute atomic E-state index is 0.107. The predicted octanol–water partition coefficient (Wildman–Crippen LogP) is 3.78. The monoisotopic (exact) mass is 352 g/mol. The third-order valence-electron chi connectivity index (χ3n) is 4.00. The summed E-state index contributed by atoms with van der Waals surface area (Å²) in [6.45, 7) is 6.22. The van der Waals surface area contributed by atoms with Crippen molar-refractivity contribution in [1.29, 1.82) is 5.26 Å². The Kier molecular flexibility index (Phi) is 7.04. The smallest absolute Gasteiger partial charge is 0.258 e. The van der Waals surface area contributed by atoms with Crippen LogP contribution in [0.3, 0.4) is 0 Å². The molecule has 1 atom stereocenters. The molecule has 0 fully saturated rings. The van der Waals surface area contributed by atoms with Crippen molar-refractivity contribution in [2.24, 2.45) is 0 Å². The van der Waals surface area contributed by atoms with Gasteiger partial charge in [0.15, 0.2) is 18.1 Å². The van der Waals surface area contributed by atoms with Gasteiger partial charge in [-0.1, -0.05) is 31.2 Å². The van der Waals surface area contributed by atoms with E-state index in [1.54, 1.807) is 18.2 Å². The first-order valence-electron chi connectivity index (χ1n) is 8.75. The number of rotatable bonds is 8. The first kappa shape index (κ1) is 19.3. The Morgan fingerprint density at radius 2 is 1.85 bits per heavy atom. The summed E-state index contributed by atoms with van der Waals surface area (Å²) in [7, 11) is 0. The van der Waals surface area contributed by atoms with Crippen LogP contribution in [0.4, 0.5) is 0 Å². The maximum absolute atomic E-state index is 12.2. The van der Waals surface area contributed by atoms with Gasteiger partial charge in [0, 0.05) is 6.07 Å². The fourth-order valence-corrected chi connectivity index (χ4v) is 2.52. The molecule has 2 aromatic carbocycles. The van der Waals surface area contributed by atoms with Gasteiger partial charge in [-0.05, 0) is 43.5 Å². The SMILES string of the molecule is CCOc1cc(C#N)ccc1OCC(=O)NC(C)c1ccc(CC)cc1. The van der Waals surface area contributed by atoms with Gasteiger partial charge in [0.2, 0.25) is 0 Å². The molecule has 0 spiro atoms. The molecule has 136 valence electrons. The van der Waals surface area contributed by atoms with E-state index >= 15 is 0 Å². The molecule has 26 heavy (non-hydrogen) atoms. The van der Waals surface area contributed by atoms with Gasteiger partial charge in [-0.25, -0.2) is 0 Å². The van der Waals surface area contributed by atoms with E-state index in [-0.39, 0.29) is 18.6 Å². The van der Waals surface area contributed by atoms with Crippen molar-refractivity contribution >= 4 is 5.91 Å². The van der Waals surface area contributed by atoms with E-state index in [1.165, 1.54) is 5.56 Å². The quantitative estimate of drug-likeness (QED) is 0.785. The van der Waals surface area contributed by atoms with E-state index in [0.717, 1.165) is 12.0 Å². The van der Waals surface area contributed by atoms with Gasteiger partial charge in [0.05, 0.1) is 24.3 Å². The Labute approximate surface area is 154 Å². The van der Waals surface area contributed by atoms with Crippen molar-refractivity contribution in [3.8, 4) is 17.6 Å². The van der Waals surface area contributed by atoms with Gasteiger partial charge in [0.25, 0.3) is 5.91 Å². The Morgan fingerprint density at radius 1 is 1.12 bits per heavy atom. The summed E-state index contributed by atoms with van der Waals surface area (Å²) >= 11 is 0. The van der Waals surface area contributed by atoms with Gasteiger partial charge in [0.1, 0.15) is 0 Å². The van der Waals surface area contributed by atoms with E-state index in [0.29, 0.717) is 23.7 Å². The van der Waals surface area contributed by atoms with Gasteiger partial charge >= 0.3 is 0 Å². The number of carbonyl (C=O) groups excluding carboxylic acids is 1. The number of nitrogens with zero attached hydrogens (tertiary/aromatic N) is 1. The molecule has 0 bridgehead atoms. The number of hydrogen-bond donors (Lipinski definition) is 1. The summed E-state index contributed by atoms with van der Waals surface area (Å²) in [5.41, 5.74) is 2.79. The first-order valence-corrected chi connectivity index (χ1v) is 8.75. The zero-order chi connectivity index (χ0) is 18.9. The maximum Gasteiger partial charge on any atom is 0.258 e. The van der Waals surface area contributed by atoms with E-state index in [9.17, 15) is 4.79 Å². The lowest BCUT2D eigenvalue weighted by Gasteiger charge is -2.16. The summed E-state index contributed by atoms with van der Waals surface area (Å²) in [4.78, 5) is 12.2. The fraction of sp³-hybridized carbons (Fsp3) is 0.333. The molecule has 1 unspecified atom stereocenters. The van der Waals surface area contributed by atoms with E-state index in [2.05, 4.69) is 30.4 Å². The highest BCUT2D eigenvalue weighted by molar-refractivity contribution is 5.78. The second-order valence-electron chi connectivity index (χ2n) is 5.88. The van der Waals surface area contributed by atoms with Gasteiger partial charge in [-0.15, -0.1) is 0 Å². The molecule has 1 amide bonds. The van der Waals surface area contributed by atoms with Crippen LogP contribution in [0.5, 0.6) is 11.5 Å². The van der Waals surface area contributed by atoms with E-state index < -0.39 is 0 Å². The molecule has 0 saturated carbocycles. The number of nitrogens with one attached hydrogen (secondary N) is 1. The highest BCUT2D eigenvalue weighted by atomic mass is 16.5. The molecule has 2 rings (SSSR count). The minimum atomic E-state index is -0.219. The third kappa shape index (κ3) is 5.25. The summed E-state index contributed by atoms with van der Waals surface area (Å²) in [5, 5.41) is 11.9. The summed E-state index contributed by atoms with van der Waals surface area (Å²) in [6.07, 6.45) is 0.988. The Morgan fingerprint density at radius 3 is 2.46 bits per heavy atom. The number of ether oxygens (including phenoxy) is 2. The molecule has 0 saturated heterocycles. The standard InChI is InChI=1S/C21H24N2O3/c1-4-16-6-9-18(10-7-16)15(3)23-21(24)14-26-19-11-8-17(13-22)12-20(19)25-5-2/h6-12,15H,4-5,14H2,1-3H3,(H,23,24). The summed E-state index contributed by atoms with van der Waals surface area (Å²) in [5.74, 6) is 0.687. The van der Waals surface area contributed by atoms with Crippen molar-refractivity contribution in [2.45, 2.75) is 33.2 Å². The van der Waals surface area contributed by atoms with Crippen molar-refractivity contribution < 1.29 is 14.3 Å². The molecule has 0 heterocycles. The zero-order valence-electron chi connectivity index (χ0n) is 15.4. The number of hydrogen-bond acceptors (Lipinski definition) is 4. The van der Waals surface area contributed by atoms with Crippen LogP contribution in [0.15, 0.2) is 42.5 Å². The molecule has 0 aliphatic rings. The second-order valence-corrected chi connectivity index (χ2v) is 5.88. The lowest BCUT2D eigenvalue weighted by atomic mass is 10.1. The van der Waals surface area contributed by atoms with Crippen LogP contribution >= 0.6 is 0 Å². The molecule has 1 N–H and O–H groups in total. The molecule has 2 aromatic rings. The molecule has 5 nitrogen and oxygen atoms in total. The van der Waals surface area contributed by atoms with Gasteiger partial charge < -0.3 is 14.8 Å². The van der Waals surface area contributed by atoms with Crippen LogP contribution in [-0.4, -0.2) is 19.1 Å². The van der Waals surface area contributed by atoms with Crippen molar-refractivity contribution in [1.82, 2.24) is 5.32 Å². The topological polar surface area (TPSA) is 71.3 Å². The van der Waals surface area contributed by atoms with E-state index in [1.807, 2.05) is 26.0 Å². The number of aryl methyl sites for hydroxylation is 1. The molecular weight excluding hydrogens is 328 g/mol. The molecule has 0 aliphatic heterocycles. The number of amides is 1. The van der Waals surface area contributed by atoms with Gasteiger partial charge in [-0.2, -0.15) is 5.26 Å². The Balaban J connectivity index is 1.94.